The minimum atomic E-state index is -0.644. The van der Waals surface area contributed by atoms with Gasteiger partial charge in [0.25, 0.3) is 0 Å². The molecular weight excluding hydrogens is 396 g/mol. The number of hydrogen-bond acceptors (Lipinski definition) is 5. The molecular formula is C23H24N4O2S. The van der Waals surface area contributed by atoms with Crippen LogP contribution in [0.2, 0.25) is 0 Å². The van der Waals surface area contributed by atoms with Gasteiger partial charge >= 0.3 is 11.8 Å². The van der Waals surface area contributed by atoms with Gasteiger partial charge in [-0.1, -0.05) is 36.4 Å². The number of pyridine rings is 1. The summed E-state index contributed by atoms with van der Waals surface area (Å²) in [4.78, 5) is 32.3. The van der Waals surface area contributed by atoms with Gasteiger partial charge in [-0.25, -0.2) is 0 Å². The Bertz CT molecular complexity index is 991. The fourth-order valence-electron chi connectivity index (χ4n) is 3.70. The van der Waals surface area contributed by atoms with E-state index in [1.54, 1.807) is 23.6 Å². The molecule has 2 aromatic heterocycles. The normalized spacial score (nSPS) is 14.5. The first-order valence-electron chi connectivity index (χ1n) is 10.0. The molecule has 1 aromatic carbocycles. The Morgan fingerprint density at radius 1 is 1.00 bits per heavy atom. The zero-order valence-electron chi connectivity index (χ0n) is 16.6. The number of aromatic nitrogens is 1. The number of carbonyl (C=O) groups is 2. The number of hydrogen-bond donors (Lipinski definition) is 2. The van der Waals surface area contributed by atoms with Gasteiger partial charge in [0.05, 0.1) is 18.3 Å². The summed E-state index contributed by atoms with van der Waals surface area (Å²) in [7, 11) is 0. The van der Waals surface area contributed by atoms with E-state index < -0.39 is 11.8 Å². The monoisotopic (exact) mass is 420 g/mol. The summed E-state index contributed by atoms with van der Waals surface area (Å²) in [5, 5.41) is 7.49. The molecule has 154 valence electrons. The Morgan fingerprint density at radius 3 is 2.57 bits per heavy atom. The molecule has 0 bridgehead atoms. The number of thiophene rings is 1. The van der Waals surface area contributed by atoms with Crippen molar-refractivity contribution in [1.82, 2.24) is 20.5 Å². The van der Waals surface area contributed by atoms with Crippen LogP contribution in [-0.2, 0) is 29.1 Å². The third-order valence-electron chi connectivity index (χ3n) is 5.29. The molecule has 0 aliphatic carbocycles. The lowest BCUT2D eigenvalue weighted by atomic mass is 9.98. The van der Waals surface area contributed by atoms with E-state index >= 15 is 0 Å². The summed E-state index contributed by atoms with van der Waals surface area (Å²) in [5.41, 5.74) is 3.42. The van der Waals surface area contributed by atoms with Crippen LogP contribution >= 0.6 is 11.3 Å². The second kappa shape index (κ2) is 9.65. The second-order valence-electron chi connectivity index (χ2n) is 7.23. The standard InChI is InChI=1S/C23H24N4O2S/c28-22(25-14-19-8-3-4-11-24-19)23(29)26-15-20(21-9-5-13-30-21)27-12-10-17-6-1-2-7-18(17)16-27/h1-9,11,13,20H,10,12,14-16H2,(H,25,28)(H,26,29)/t20-/m1/s1. The van der Waals surface area contributed by atoms with Gasteiger partial charge in [0.15, 0.2) is 0 Å². The van der Waals surface area contributed by atoms with Gasteiger partial charge in [-0.05, 0) is 41.1 Å². The number of nitrogens with one attached hydrogen (secondary N) is 2. The van der Waals surface area contributed by atoms with Crippen LogP contribution in [0.1, 0.15) is 27.7 Å². The van der Waals surface area contributed by atoms with Crippen molar-refractivity contribution in [3.63, 3.8) is 0 Å². The quantitative estimate of drug-likeness (QED) is 0.602. The van der Waals surface area contributed by atoms with Crippen LogP contribution < -0.4 is 10.6 Å². The van der Waals surface area contributed by atoms with E-state index in [4.69, 9.17) is 0 Å². The molecule has 1 atom stereocenters. The number of benzene rings is 1. The van der Waals surface area contributed by atoms with Crippen LogP contribution in [-0.4, -0.2) is 34.8 Å². The fraction of sp³-hybridized carbons (Fsp3) is 0.261. The number of carbonyl (C=O) groups excluding carboxylic acids is 2. The topological polar surface area (TPSA) is 74.3 Å². The molecule has 0 saturated carbocycles. The van der Waals surface area contributed by atoms with Gasteiger partial charge in [0.2, 0.25) is 0 Å². The van der Waals surface area contributed by atoms with E-state index in [-0.39, 0.29) is 12.6 Å². The van der Waals surface area contributed by atoms with Gasteiger partial charge in [-0.3, -0.25) is 19.5 Å². The Kier molecular flexibility index (Phi) is 6.51. The van der Waals surface area contributed by atoms with E-state index in [1.807, 2.05) is 23.6 Å². The third-order valence-corrected chi connectivity index (χ3v) is 6.26. The van der Waals surface area contributed by atoms with Gasteiger partial charge in [-0.15, -0.1) is 11.3 Å². The highest BCUT2D eigenvalue weighted by molar-refractivity contribution is 7.10. The average Bonchev–Trinajstić information content (AvgIpc) is 3.32. The van der Waals surface area contributed by atoms with Crippen molar-refractivity contribution < 1.29 is 9.59 Å². The molecule has 0 saturated heterocycles. The highest BCUT2D eigenvalue weighted by Gasteiger charge is 2.26. The summed E-state index contributed by atoms with van der Waals surface area (Å²) in [5.74, 6) is -1.26. The molecule has 0 fully saturated rings. The number of fused-ring (bicyclic) bond motifs is 1. The van der Waals surface area contributed by atoms with Gasteiger partial charge in [0, 0.05) is 30.7 Å². The molecule has 0 spiro atoms. The number of amides is 2. The summed E-state index contributed by atoms with van der Waals surface area (Å²) in [6.45, 7) is 2.37. The highest BCUT2D eigenvalue weighted by atomic mass is 32.1. The molecule has 4 rings (SSSR count). The van der Waals surface area contributed by atoms with Gasteiger partial charge in [-0.2, -0.15) is 0 Å². The molecule has 30 heavy (non-hydrogen) atoms. The maximum atomic E-state index is 12.4. The maximum Gasteiger partial charge on any atom is 0.309 e. The lowest BCUT2D eigenvalue weighted by Crippen LogP contribution is -2.44. The lowest BCUT2D eigenvalue weighted by Gasteiger charge is -2.35. The van der Waals surface area contributed by atoms with E-state index in [1.165, 1.54) is 16.0 Å². The van der Waals surface area contributed by atoms with E-state index in [9.17, 15) is 9.59 Å². The predicted molar refractivity (Wildman–Crippen MR) is 117 cm³/mol. The maximum absolute atomic E-state index is 12.4. The Hall–Kier alpha value is -3.03. The van der Waals surface area contributed by atoms with Crippen molar-refractivity contribution in [1.29, 1.82) is 0 Å². The predicted octanol–water partition coefficient (Wildman–Crippen LogP) is 2.68. The molecule has 0 radical (unpaired) electrons. The smallest absolute Gasteiger partial charge is 0.309 e. The summed E-state index contributed by atoms with van der Waals surface area (Å²) >= 11 is 1.67. The minimum Gasteiger partial charge on any atom is -0.346 e. The van der Waals surface area contributed by atoms with E-state index in [0.29, 0.717) is 12.2 Å². The first kappa shape index (κ1) is 20.3. The summed E-state index contributed by atoms with van der Waals surface area (Å²) in [6.07, 6.45) is 2.64. The first-order chi connectivity index (χ1) is 14.7. The minimum absolute atomic E-state index is 0.0332. The van der Waals surface area contributed by atoms with Gasteiger partial charge < -0.3 is 10.6 Å². The van der Waals surface area contributed by atoms with Crippen LogP contribution in [0.4, 0.5) is 0 Å². The van der Waals surface area contributed by atoms with Crippen LogP contribution in [0, 0.1) is 0 Å². The van der Waals surface area contributed by atoms with Gasteiger partial charge in [0.1, 0.15) is 0 Å². The van der Waals surface area contributed by atoms with Crippen molar-refractivity contribution in [3.05, 3.63) is 87.9 Å². The Labute approximate surface area is 180 Å². The van der Waals surface area contributed by atoms with Crippen molar-refractivity contribution in [2.24, 2.45) is 0 Å². The van der Waals surface area contributed by atoms with Crippen molar-refractivity contribution in [2.75, 3.05) is 13.1 Å². The summed E-state index contributed by atoms with van der Waals surface area (Å²) in [6, 6.07) is 18.1. The van der Waals surface area contributed by atoms with E-state index in [0.717, 1.165) is 19.5 Å². The average molecular weight is 421 g/mol. The molecule has 3 aromatic rings. The van der Waals surface area contributed by atoms with Crippen molar-refractivity contribution >= 4 is 23.2 Å². The second-order valence-corrected chi connectivity index (χ2v) is 8.21. The molecule has 1 aliphatic rings. The number of rotatable bonds is 6. The first-order valence-corrected chi connectivity index (χ1v) is 10.9. The van der Waals surface area contributed by atoms with Crippen LogP contribution in [0.3, 0.4) is 0 Å². The molecule has 6 nitrogen and oxygen atoms in total. The lowest BCUT2D eigenvalue weighted by molar-refractivity contribution is -0.139. The summed E-state index contributed by atoms with van der Waals surface area (Å²) < 4.78 is 0. The Balaban J connectivity index is 1.37. The Morgan fingerprint density at radius 2 is 1.80 bits per heavy atom. The van der Waals surface area contributed by atoms with Crippen molar-refractivity contribution in [3.8, 4) is 0 Å². The molecule has 1 aliphatic heterocycles. The van der Waals surface area contributed by atoms with Crippen LogP contribution in [0.5, 0.6) is 0 Å². The number of nitrogens with zero attached hydrogens (tertiary/aromatic N) is 2. The van der Waals surface area contributed by atoms with Crippen molar-refractivity contribution in [2.45, 2.75) is 25.6 Å². The fourth-order valence-corrected chi connectivity index (χ4v) is 4.56. The van der Waals surface area contributed by atoms with E-state index in [2.05, 4.69) is 50.8 Å². The zero-order valence-corrected chi connectivity index (χ0v) is 17.4. The van der Waals surface area contributed by atoms with Crippen LogP contribution in [0.25, 0.3) is 0 Å². The molecule has 7 heteroatoms. The molecule has 0 unspecified atom stereocenters. The van der Waals surface area contributed by atoms with Crippen LogP contribution in [0.15, 0.2) is 66.2 Å². The third kappa shape index (κ3) is 4.93. The molecule has 2 N–H and O–H groups in total. The zero-order chi connectivity index (χ0) is 20.8. The molecule has 3 heterocycles. The highest BCUT2D eigenvalue weighted by Crippen LogP contribution is 2.29. The SMILES string of the molecule is O=C(NCc1ccccn1)C(=O)NC[C@H](c1cccs1)N1CCc2ccccc2C1. The largest absolute Gasteiger partial charge is 0.346 e. The molecule has 2 amide bonds.